The van der Waals surface area contributed by atoms with Gasteiger partial charge in [-0.15, -0.1) is 11.3 Å². The second kappa shape index (κ2) is 4.93. The summed E-state index contributed by atoms with van der Waals surface area (Å²) in [5.74, 6) is -1.20. The lowest BCUT2D eigenvalue weighted by molar-refractivity contribution is -0.135. The van der Waals surface area contributed by atoms with Crippen molar-refractivity contribution in [3.05, 3.63) is 40.8 Å². The van der Waals surface area contributed by atoms with Crippen LogP contribution in [0, 0.1) is 0 Å². The monoisotopic (exact) mass is 289 g/mol. The molecule has 1 fully saturated rings. The standard InChI is InChI=1S/C13H11N3O3S/c17-10-7-16(8-11(18)14-10)13(19)12-9(3-6-20-12)15-4-1-2-5-15/h1-6H,7-8H2,(H,14,17,18). The van der Waals surface area contributed by atoms with Gasteiger partial charge < -0.3 is 9.47 Å². The fourth-order valence-electron chi connectivity index (χ4n) is 2.09. The summed E-state index contributed by atoms with van der Waals surface area (Å²) in [5.41, 5.74) is 0.753. The van der Waals surface area contributed by atoms with Gasteiger partial charge in [0.15, 0.2) is 0 Å². The van der Waals surface area contributed by atoms with Crippen LogP contribution in [0.15, 0.2) is 36.0 Å². The van der Waals surface area contributed by atoms with E-state index in [0.717, 1.165) is 5.69 Å². The van der Waals surface area contributed by atoms with E-state index >= 15 is 0 Å². The lowest BCUT2D eigenvalue weighted by Crippen LogP contribution is -2.53. The minimum absolute atomic E-state index is 0.0897. The Morgan fingerprint density at radius 2 is 1.80 bits per heavy atom. The maximum Gasteiger partial charge on any atom is 0.267 e. The Labute approximate surface area is 118 Å². The van der Waals surface area contributed by atoms with Crippen LogP contribution in [-0.4, -0.2) is 40.3 Å². The highest BCUT2D eigenvalue weighted by molar-refractivity contribution is 7.12. The molecule has 1 aliphatic rings. The van der Waals surface area contributed by atoms with E-state index in [-0.39, 0.29) is 19.0 Å². The summed E-state index contributed by atoms with van der Waals surface area (Å²) in [5, 5.41) is 3.99. The molecule has 3 amide bonds. The summed E-state index contributed by atoms with van der Waals surface area (Å²) in [6, 6.07) is 5.57. The van der Waals surface area contributed by atoms with Crippen LogP contribution in [0.3, 0.4) is 0 Å². The largest absolute Gasteiger partial charge is 0.322 e. The van der Waals surface area contributed by atoms with Crippen LogP contribution >= 0.6 is 11.3 Å². The van der Waals surface area contributed by atoms with Crippen molar-refractivity contribution < 1.29 is 14.4 Å². The number of nitrogens with zero attached hydrogens (tertiary/aromatic N) is 2. The molecule has 3 heterocycles. The summed E-state index contributed by atoms with van der Waals surface area (Å²) in [4.78, 5) is 36.9. The molecule has 3 rings (SSSR count). The first kappa shape index (κ1) is 12.6. The van der Waals surface area contributed by atoms with E-state index < -0.39 is 11.8 Å². The topological polar surface area (TPSA) is 71.4 Å². The van der Waals surface area contributed by atoms with Crippen LogP contribution in [0.4, 0.5) is 0 Å². The van der Waals surface area contributed by atoms with Gasteiger partial charge in [0.1, 0.15) is 18.0 Å². The zero-order chi connectivity index (χ0) is 14.1. The molecule has 0 atom stereocenters. The molecule has 0 aromatic carbocycles. The molecular weight excluding hydrogens is 278 g/mol. The van der Waals surface area contributed by atoms with Crippen molar-refractivity contribution in [1.82, 2.24) is 14.8 Å². The van der Waals surface area contributed by atoms with E-state index in [1.165, 1.54) is 16.2 Å². The fraction of sp³-hybridized carbons (Fsp3) is 0.154. The zero-order valence-corrected chi connectivity index (χ0v) is 11.2. The van der Waals surface area contributed by atoms with Crippen molar-refractivity contribution in [2.75, 3.05) is 13.1 Å². The number of imide groups is 1. The van der Waals surface area contributed by atoms with Crippen LogP contribution in [0.25, 0.3) is 5.69 Å². The van der Waals surface area contributed by atoms with Gasteiger partial charge >= 0.3 is 0 Å². The molecule has 7 heteroatoms. The Morgan fingerprint density at radius 1 is 1.15 bits per heavy atom. The third-order valence-corrected chi connectivity index (χ3v) is 3.85. The van der Waals surface area contributed by atoms with Gasteiger partial charge in [-0.25, -0.2) is 0 Å². The van der Waals surface area contributed by atoms with Crippen LogP contribution < -0.4 is 5.32 Å². The molecule has 0 saturated carbocycles. The van der Waals surface area contributed by atoms with Gasteiger partial charge in [-0.3, -0.25) is 19.7 Å². The van der Waals surface area contributed by atoms with Gasteiger partial charge in [0, 0.05) is 12.4 Å². The van der Waals surface area contributed by atoms with Crippen molar-refractivity contribution in [3.8, 4) is 5.69 Å². The molecular formula is C13H11N3O3S. The minimum atomic E-state index is -0.450. The molecule has 2 aromatic rings. The third-order valence-electron chi connectivity index (χ3n) is 2.96. The highest BCUT2D eigenvalue weighted by Crippen LogP contribution is 2.23. The Balaban J connectivity index is 1.90. The van der Waals surface area contributed by atoms with Crippen LogP contribution in [0.1, 0.15) is 9.67 Å². The SMILES string of the molecule is O=C1CN(C(=O)c2sccc2-n2cccc2)CC(=O)N1. The molecule has 6 nitrogen and oxygen atoms in total. The number of hydrogen-bond acceptors (Lipinski definition) is 4. The summed E-state index contributed by atoms with van der Waals surface area (Å²) in [6.45, 7) is -0.179. The Morgan fingerprint density at radius 3 is 2.45 bits per heavy atom. The highest BCUT2D eigenvalue weighted by Gasteiger charge is 2.29. The molecule has 0 spiro atoms. The predicted octanol–water partition coefficient (Wildman–Crippen LogP) is 0.637. The number of piperazine rings is 1. The van der Waals surface area contributed by atoms with Gasteiger partial charge in [-0.05, 0) is 23.6 Å². The number of aromatic nitrogens is 1. The first-order chi connectivity index (χ1) is 9.65. The lowest BCUT2D eigenvalue weighted by atomic mass is 10.3. The molecule has 102 valence electrons. The Bertz CT molecular complexity index is 659. The third kappa shape index (κ3) is 2.23. The summed E-state index contributed by atoms with van der Waals surface area (Å²) in [6.07, 6.45) is 3.68. The first-order valence-electron chi connectivity index (χ1n) is 5.98. The molecule has 1 aliphatic heterocycles. The average molecular weight is 289 g/mol. The van der Waals surface area contributed by atoms with Crippen LogP contribution in [-0.2, 0) is 9.59 Å². The van der Waals surface area contributed by atoms with Gasteiger partial charge in [-0.1, -0.05) is 0 Å². The molecule has 1 N–H and O–H groups in total. The fourth-order valence-corrected chi connectivity index (χ4v) is 2.94. The van der Waals surface area contributed by atoms with E-state index in [4.69, 9.17) is 0 Å². The van der Waals surface area contributed by atoms with Crippen LogP contribution in [0.2, 0.25) is 0 Å². The summed E-state index contributed by atoms with van der Waals surface area (Å²) >= 11 is 1.30. The second-order valence-electron chi connectivity index (χ2n) is 4.36. The van der Waals surface area contributed by atoms with E-state index in [2.05, 4.69) is 5.32 Å². The molecule has 20 heavy (non-hydrogen) atoms. The molecule has 2 aromatic heterocycles. The molecule has 1 saturated heterocycles. The van der Waals surface area contributed by atoms with Crippen molar-refractivity contribution in [1.29, 1.82) is 0 Å². The zero-order valence-electron chi connectivity index (χ0n) is 10.4. The minimum Gasteiger partial charge on any atom is -0.322 e. The van der Waals surface area contributed by atoms with Crippen LogP contribution in [0.5, 0.6) is 0 Å². The summed E-state index contributed by atoms with van der Waals surface area (Å²) < 4.78 is 1.83. The Hall–Kier alpha value is -2.41. The van der Waals surface area contributed by atoms with Gasteiger partial charge in [-0.2, -0.15) is 0 Å². The van der Waals surface area contributed by atoms with Crippen molar-refractivity contribution in [2.45, 2.75) is 0 Å². The van der Waals surface area contributed by atoms with Crippen molar-refractivity contribution in [3.63, 3.8) is 0 Å². The van der Waals surface area contributed by atoms with E-state index in [9.17, 15) is 14.4 Å². The summed E-state index contributed by atoms with van der Waals surface area (Å²) in [7, 11) is 0. The van der Waals surface area contributed by atoms with E-state index in [0.29, 0.717) is 4.88 Å². The molecule has 0 unspecified atom stereocenters. The highest BCUT2D eigenvalue weighted by atomic mass is 32.1. The predicted molar refractivity (Wildman–Crippen MR) is 72.7 cm³/mol. The second-order valence-corrected chi connectivity index (χ2v) is 5.27. The van der Waals surface area contributed by atoms with E-state index in [1.807, 2.05) is 40.5 Å². The quantitative estimate of drug-likeness (QED) is 0.825. The number of nitrogens with one attached hydrogen (secondary N) is 1. The maximum atomic E-state index is 12.5. The number of carbonyl (C=O) groups is 3. The normalized spacial score (nSPS) is 15.3. The van der Waals surface area contributed by atoms with Gasteiger partial charge in [0.05, 0.1) is 5.69 Å². The lowest BCUT2D eigenvalue weighted by Gasteiger charge is -2.25. The number of amides is 3. The van der Waals surface area contributed by atoms with Gasteiger partial charge in [0.25, 0.3) is 5.91 Å². The van der Waals surface area contributed by atoms with Crippen molar-refractivity contribution >= 4 is 29.1 Å². The maximum absolute atomic E-state index is 12.5. The number of thiophene rings is 1. The molecule has 0 radical (unpaired) electrons. The number of hydrogen-bond donors (Lipinski definition) is 1. The molecule has 0 aliphatic carbocycles. The molecule has 0 bridgehead atoms. The van der Waals surface area contributed by atoms with E-state index in [1.54, 1.807) is 0 Å². The first-order valence-corrected chi connectivity index (χ1v) is 6.86. The number of rotatable bonds is 2. The smallest absolute Gasteiger partial charge is 0.267 e. The van der Waals surface area contributed by atoms with Crippen molar-refractivity contribution in [2.24, 2.45) is 0 Å². The Kier molecular flexibility index (Phi) is 3.11. The average Bonchev–Trinajstić information content (AvgIpc) is 3.07. The number of carbonyl (C=O) groups excluding carboxylic acids is 3. The van der Waals surface area contributed by atoms with Gasteiger partial charge in [0.2, 0.25) is 11.8 Å².